The SMILES string of the molecule is CCC(C)(C)CNC(=O)c1cc(NC)ccn1. The van der Waals surface area contributed by atoms with Crippen LogP contribution in [-0.2, 0) is 0 Å². The Bertz CT molecular complexity index is 388. The van der Waals surface area contributed by atoms with E-state index in [-0.39, 0.29) is 11.3 Å². The first-order chi connectivity index (χ1) is 7.98. The zero-order chi connectivity index (χ0) is 12.9. The van der Waals surface area contributed by atoms with Crippen molar-refractivity contribution >= 4 is 11.6 Å². The molecule has 2 N–H and O–H groups in total. The Morgan fingerprint density at radius 2 is 2.18 bits per heavy atom. The standard InChI is InChI=1S/C13H21N3O/c1-5-13(2,3)9-16-12(17)11-8-10(14-4)6-7-15-11/h6-8H,5,9H2,1-4H3,(H,14,15)(H,16,17). The molecule has 1 heterocycles. The van der Waals surface area contributed by atoms with Crippen molar-refractivity contribution in [2.75, 3.05) is 18.9 Å². The summed E-state index contributed by atoms with van der Waals surface area (Å²) in [4.78, 5) is 15.9. The van der Waals surface area contributed by atoms with Gasteiger partial charge in [-0.05, 0) is 24.0 Å². The van der Waals surface area contributed by atoms with Gasteiger partial charge < -0.3 is 10.6 Å². The Morgan fingerprint density at radius 3 is 2.76 bits per heavy atom. The highest BCUT2D eigenvalue weighted by Gasteiger charge is 2.17. The summed E-state index contributed by atoms with van der Waals surface area (Å²) in [6.45, 7) is 7.04. The fourth-order valence-electron chi connectivity index (χ4n) is 1.25. The summed E-state index contributed by atoms with van der Waals surface area (Å²) in [5, 5.41) is 5.90. The smallest absolute Gasteiger partial charge is 0.269 e. The number of aromatic nitrogens is 1. The Hall–Kier alpha value is -1.58. The van der Waals surface area contributed by atoms with E-state index in [2.05, 4.69) is 36.4 Å². The monoisotopic (exact) mass is 235 g/mol. The van der Waals surface area contributed by atoms with Crippen LogP contribution in [0.1, 0.15) is 37.7 Å². The summed E-state index contributed by atoms with van der Waals surface area (Å²) in [6, 6.07) is 3.57. The van der Waals surface area contributed by atoms with Gasteiger partial charge >= 0.3 is 0 Å². The quantitative estimate of drug-likeness (QED) is 0.823. The topological polar surface area (TPSA) is 54.0 Å². The molecule has 0 aliphatic heterocycles. The zero-order valence-electron chi connectivity index (χ0n) is 11.0. The molecule has 4 nitrogen and oxygen atoms in total. The molecule has 0 bridgehead atoms. The van der Waals surface area contributed by atoms with Crippen LogP contribution in [0.25, 0.3) is 0 Å². The predicted octanol–water partition coefficient (Wildman–Crippen LogP) is 2.29. The molecule has 94 valence electrons. The van der Waals surface area contributed by atoms with Gasteiger partial charge in [0.25, 0.3) is 5.91 Å². The molecule has 1 amide bonds. The number of carbonyl (C=O) groups is 1. The Kier molecular flexibility index (Phi) is 4.49. The number of rotatable bonds is 5. The van der Waals surface area contributed by atoms with E-state index in [1.807, 2.05) is 13.1 Å². The molecule has 4 heteroatoms. The van der Waals surface area contributed by atoms with E-state index in [0.717, 1.165) is 12.1 Å². The maximum absolute atomic E-state index is 11.9. The molecular weight excluding hydrogens is 214 g/mol. The normalized spacial score (nSPS) is 11.1. The van der Waals surface area contributed by atoms with Gasteiger partial charge in [0.1, 0.15) is 5.69 Å². The van der Waals surface area contributed by atoms with Gasteiger partial charge in [-0.15, -0.1) is 0 Å². The molecule has 1 aromatic rings. The summed E-state index contributed by atoms with van der Waals surface area (Å²) in [7, 11) is 1.82. The van der Waals surface area contributed by atoms with Crippen LogP contribution >= 0.6 is 0 Å². The fraction of sp³-hybridized carbons (Fsp3) is 0.538. The Morgan fingerprint density at radius 1 is 1.47 bits per heavy atom. The molecular formula is C13H21N3O. The van der Waals surface area contributed by atoms with Crippen molar-refractivity contribution < 1.29 is 4.79 Å². The predicted molar refractivity (Wildman–Crippen MR) is 70.2 cm³/mol. The van der Waals surface area contributed by atoms with Crippen LogP contribution in [0.2, 0.25) is 0 Å². The highest BCUT2D eigenvalue weighted by Crippen LogP contribution is 2.17. The van der Waals surface area contributed by atoms with E-state index in [0.29, 0.717) is 12.2 Å². The first-order valence-corrected chi connectivity index (χ1v) is 5.90. The summed E-state index contributed by atoms with van der Waals surface area (Å²) >= 11 is 0. The second kappa shape index (κ2) is 5.66. The molecule has 0 radical (unpaired) electrons. The van der Waals surface area contributed by atoms with Crippen LogP contribution in [0.4, 0.5) is 5.69 Å². The third kappa shape index (κ3) is 4.06. The number of amides is 1. The van der Waals surface area contributed by atoms with Crippen molar-refractivity contribution in [3.8, 4) is 0 Å². The number of pyridine rings is 1. The number of hydrogen-bond acceptors (Lipinski definition) is 3. The second-order valence-electron chi connectivity index (χ2n) is 4.88. The minimum atomic E-state index is -0.122. The van der Waals surface area contributed by atoms with Crippen molar-refractivity contribution in [3.05, 3.63) is 24.0 Å². The second-order valence-corrected chi connectivity index (χ2v) is 4.88. The molecule has 0 saturated heterocycles. The van der Waals surface area contributed by atoms with E-state index in [1.54, 1.807) is 12.3 Å². The van der Waals surface area contributed by atoms with Crippen molar-refractivity contribution in [3.63, 3.8) is 0 Å². The number of nitrogens with zero attached hydrogens (tertiary/aromatic N) is 1. The molecule has 17 heavy (non-hydrogen) atoms. The third-order valence-electron chi connectivity index (χ3n) is 2.97. The molecule has 0 atom stereocenters. The van der Waals surface area contributed by atoms with Crippen LogP contribution in [0.3, 0.4) is 0 Å². The molecule has 0 aliphatic carbocycles. The number of hydrogen-bond donors (Lipinski definition) is 2. The minimum absolute atomic E-state index is 0.121. The minimum Gasteiger partial charge on any atom is -0.388 e. The van der Waals surface area contributed by atoms with E-state index in [4.69, 9.17) is 0 Å². The number of anilines is 1. The van der Waals surface area contributed by atoms with Crippen LogP contribution in [0.15, 0.2) is 18.3 Å². The largest absolute Gasteiger partial charge is 0.388 e. The van der Waals surface area contributed by atoms with Gasteiger partial charge in [0, 0.05) is 25.5 Å². The Balaban J connectivity index is 2.64. The lowest BCUT2D eigenvalue weighted by atomic mass is 9.90. The summed E-state index contributed by atoms with van der Waals surface area (Å²) in [5.41, 5.74) is 1.46. The number of nitrogens with one attached hydrogen (secondary N) is 2. The van der Waals surface area contributed by atoms with Crippen LogP contribution in [0, 0.1) is 5.41 Å². The van der Waals surface area contributed by atoms with E-state index < -0.39 is 0 Å². The van der Waals surface area contributed by atoms with Gasteiger partial charge in [-0.2, -0.15) is 0 Å². The zero-order valence-corrected chi connectivity index (χ0v) is 11.0. The maximum Gasteiger partial charge on any atom is 0.269 e. The van der Waals surface area contributed by atoms with Crippen molar-refractivity contribution in [1.82, 2.24) is 10.3 Å². The van der Waals surface area contributed by atoms with Gasteiger partial charge in [0.15, 0.2) is 0 Å². The van der Waals surface area contributed by atoms with Crippen LogP contribution < -0.4 is 10.6 Å². The molecule has 0 unspecified atom stereocenters. The van der Waals surface area contributed by atoms with Crippen molar-refractivity contribution in [2.45, 2.75) is 27.2 Å². The molecule has 0 aromatic carbocycles. The summed E-state index contributed by atoms with van der Waals surface area (Å²) in [6.07, 6.45) is 2.66. The maximum atomic E-state index is 11.9. The van der Waals surface area contributed by atoms with Crippen molar-refractivity contribution in [2.24, 2.45) is 5.41 Å². The van der Waals surface area contributed by atoms with E-state index >= 15 is 0 Å². The molecule has 0 spiro atoms. The highest BCUT2D eigenvalue weighted by atomic mass is 16.1. The lowest BCUT2D eigenvalue weighted by Gasteiger charge is -2.22. The summed E-state index contributed by atoms with van der Waals surface area (Å²) < 4.78 is 0. The van der Waals surface area contributed by atoms with Crippen LogP contribution in [0.5, 0.6) is 0 Å². The van der Waals surface area contributed by atoms with Gasteiger partial charge in [0.05, 0.1) is 0 Å². The fourth-order valence-corrected chi connectivity index (χ4v) is 1.25. The molecule has 1 aromatic heterocycles. The van der Waals surface area contributed by atoms with E-state index in [9.17, 15) is 4.79 Å². The molecule has 0 fully saturated rings. The highest BCUT2D eigenvalue weighted by molar-refractivity contribution is 5.93. The third-order valence-corrected chi connectivity index (χ3v) is 2.97. The first-order valence-electron chi connectivity index (χ1n) is 5.90. The average Bonchev–Trinajstić information content (AvgIpc) is 2.36. The molecule has 0 aliphatic rings. The lowest BCUT2D eigenvalue weighted by molar-refractivity contribution is 0.0931. The number of carbonyl (C=O) groups excluding carboxylic acids is 1. The van der Waals surface area contributed by atoms with Crippen molar-refractivity contribution in [1.29, 1.82) is 0 Å². The summed E-state index contributed by atoms with van der Waals surface area (Å²) in [5.74, 6) is -0.122. The van der Waals surface area contributed by atoms with Gasteiger partial charge in [0.2, 0.25) is 0 Å². The average molecular weight is 235 g/mol. The van der Waals surface area contributed by atoms with Gasteiger partial charge in [-0.1, -0.05) is 20.8 Å². The van der Waals surface area contributed by atoms with Crippen LogP contribution in [-0.4, -0.2) is 24.5 Å². The Labute approximate surface area is 103 Å². The van der Waals surface area contributed by atoms with E-state index in [1.165, 1.54) is 0 Å². The van der Waals surface area contributed by atoms with Gasteiger partial charge in [-0.25, -0.2) is 0 Å². The first kappa shape index (κ1) is 13.5. The molecule has 0 saturated carbocycles. The van der Waals surface area contributed by atoms with Gasteiger partial charge in [-0.3, -0.25) is 9.78 Å². The molecule has 1 rings (SSSR count). The lowest BCUT2D eigenvalue weighted by Crippen LogP contribution is -2.34.